The van der Waals surface area contributed by atoms with Crippen LogP contribution in [-0.4, -0.2) is 61.7 Å². The van der Waals surface area contributed by atoms with Crippen LogP contribution in [0.4, 0.5) is 13.2 Å². The van der Waals surface area contributed by atoms with Gasteiger partial charge in [-0.05, 0) is 13.8 Å². The summed E-state index contributed by atoms with van der Waals surface area (Å²) >= 11 is 0. The normalized spacial score (nSPS) is 29.4. The first-order valence-corrected chi connectivity index (χ1v) is 7.08. The molecule has 1 rings (SSSR count). The van der Waals surface area contributed by atoms with Crippen molar-refractivity contribution in [3.8, 4) is 0 Å². The maximum atomic E-state index is 14.4. The van der Waals surface area contributed by atoms with Gasteiger partial charge in [-0.2, -0.15) is 0 Å². The molecule has 5 atom stereocenters. The molecular formula is C14H21F3O6. The minimum absolute atomic E-state index is 0.718. The Morgan fingerprint density at radius 2 is 1.35 bits per heavy atom. The van der Waals surface area contributed by atoms with Crippen molar-refractivity contribution in [1.29, 1.82) is 0 Å². The Kier molecular flexibility index (Phi) is 6.82. The van der Waals surface area contributed by atoms with E-state index in [1.807, 2.05) is 0 Å². The number of esters is 2. The number of halogens is 3. The fourth-order valence-corrected chi connectivity index (χ4v) is 2.13. The van der Waals surface area contributed by atoms with Crippen LogP contribution in [0.1, 0.15) is 27.7 Å². The molecule has 0 aromatic rings. The smallest absolute Gasteiger partial charge is 0.302 e. The molecule has 0 N–H and O–H groups in total. The Morgan fingerprint density at radius 1 is 1.00 bits per heavy atom. The first kappa shape index (κ1) is 19.7. The molecule has 1 heterocycles. The summed E-state index contributed by atoms with van der Waals surface area (Å²) in [7, 11) is 0. The average molecular weight is 342 g/mol. The Labute approximate surface area is 132 Å². The van der Waals surface area contributed by atoms with Crippen LogP contribution in [0.2, 0.25) is 0 Å². The van der Waals surface area contributed by atoms with Gasteiger partial charge in [0, 0.05) is 13.8 Å². The van der Waals surface area contributed by atoms with E-state index in [1.54, 1.807) is 0 Å². The van der Waals surface area contributed by atoms with Crippen LogP contribution in [0.3, 0.4) is 0 Å². The summed E-state index contributed by atoms with van der Waals surface area (Å²) in [6, 6.07) is 0. The standard InChI is InChI=1S/C14H21F3O6/c1-7(18)20-5-9(15)12-11(17)13(23-14(3,4)22-12)10(16)6-21-8(2)19/h9-13H,5-6H2,1-4H3/t9-,10+,11?,12-,13+. The van der Waals surface area contributed by atoms with Gasteiger partial charge in [0.2, 0.25) is 0 Å². The van der Waals surface area contributed by atoms with Gasteiger partial charge in [0.25, 0.3) is 0 Å². The minimum atomic E-state index is -2.17. The largest absolute Gasteiger partial charge is 0.463 e. The summed E-state index contributed by atoms with van der Waals surface area (Å²) in [5.41, 5.74) is 0. The number of carbonyl (C=O) groups excluding carboxylic acids is 2. The van der Waals surface area contributed by atoms with Crippen molar-refractivity contribution in [2.24, 2.45) is 0 Å². The van der Waals surface area contributed by atoms with Gasteiger partial charge in [0.05, 0.1) is 0 Å². The number of carbonyl (C=O) groups is 2. The van der Waals surface area contributed by atoms with Crippen LogP contribution in [-0.2, 0) is 28.5 Å². The van der Waals surface area contributed by atoms with Crippen molar-refractivity contribution < 1.29 is 41.7 Å². The van der Waals surface area contributed by atoms with E-state index in [0.29, 0.717) is 0 Å². The van der Waals surface area contributed by atoms with Crippen LogP contribution < -0.4 is 0 Å². The van der Waals surface area contributed by atoms with Gasteiger partial charge in [-0.1, -0.05) is 0 Å². The first-order chi connectivity index (χ1) is 10.5. The monoisotopic (exact) mass is 342 g/mol. The Hall–Kier alpha value is -1.35. The molecular weight excluding hydrogens is 321 g/mol. The highest BCUT2D eigenvalue weighted by Gasteiger charge is 2.50. The van der Waals surface area contributed by atoms with Gasteiger partial charge >= 0.3 is 11.9 Å². The van der Waals surface area contributed by atoms with Crippen molar-refractivity contribution in [3.63, 3.8) is 0 Å². The van der Waals surface area contributed by atoms with Crippen molar-refractivity contribution in [2.75, 3.05) is 13.2 Å². The molecule has 0 amide bonds. The Bertz CT molecular complexity index is 395. The molecule has 6 nitrogen and oxygen atoms in total. The Morgan fingerprint density at radius 3 is 1.65 bits per heavy atom. The maximum Gasteiger partial charge on any atom is 0.302 e. The van der Waals surface area contributed by atoms with E-state index in [9.17, 15) is 22.8 Å². The molecule has 1 aliphatic heterocycles. The summed E-state index contributed by atoms with van der Waals surface area (Å²) in [5, 5.41) is 0. The maximum absolute atomic E-state index is 14.4. The molecule has 0 saturated carbocycles. The molecule has 1 aliphatic rings. The van der Waals surface area contributed by atoms with Crippen LogP contribution in [0.15, 0.2) is 0 Å². The van der Waals surface area contributed by atoms with E-state index >= 15 is 0 Å². The summed E-state index contributed by atoms with van der Waals surface area (Å²) in [4.78, 5) is 21.4. The molecule has 1 unspecified atom stereocenters. The lowest BCUT2D eigenvalue weighted by Crippen LogP contribution is -2.59. The predicted octanol–water partition coefficient (Wildman–Crippen LogP) is 1.65. The molecule has 0 aromatic carbocycles. The summed E-state index contributed by atoms with van der Waals surface area (Å²) in [6.07, 6.45) is -9.53. The topological polar surface area (TPSA) is 71.1 Å². The summed E-state index contributed by atoms with van der Waals surface area (Å²) in [6.45, 7) is 3.46. The van der Waals surface area contributed by atoms with E-state index in [1.165, 1.54) is 13.8 Å². The van der Waals surface area contributed by atoms with Crippen LogP contribution >= 0.6 is 0 Å². The molecule has 1 saturated heterocycles. The third kappa shape index (κ3) is 5.98. The summed E-state index contributed by atoms with van der Waals surface area (Å²) < 4.78 is 61.8. The van der Waals surface area contributed by atoms with Gasteiger partial charge in [0.15, 0.2) is 24.3 Å². The first-order valence-electron chi connectivity index (χ1n) is 7.08. The van der Waals surface area contributed by atoms with Gasteiger partial charge in [-0.25, -0.2) is 13.2 Å². The fraction of sp³-hybridized carbons (Fsp3) is 0.857. The predicted molar refractivity (Wildman–Crippen MR) is 71.8 cm³/mol. The van der Waals surface area contributed by atoms with Crippen molar-refractivity contribution in [1.82, 2.24) is 0 Å². The van der Waals surface area contributed by atoms with Crippen LogP contribution in [0.5, 0.6) is 0 Å². The second kappa shape index (κ2) is 7.96. The molecule has 1 fully saturated rings. The highest BCUT2D eigenvalue weighted by atomic mass is 19.2. The lowest BCUT2D eigenvalue weighted by atomic mass is 9.99. The van der Waals surface area contributed by atoms with E-state index in [2.05, 4.69) is 9.47 Å². The van der Waals surface area contributed by atoms with Crippen molar-refractivity contribution in [2.45, 2.75) is 64.2 Å². The molecule has 9 heteroatoms. The van der Waals surface area contributed by atoms with E-state index in [-0.39, 0.29) is 0 Å². The number of rotatable bonds is 6. The van der Waals surface area contributed by atoms with Crippen molar-refractivity contribution >= 4 is 11.9 Å². The highest BCUT2D eigenvalue weighted by molar-refractivity contribution is 5.66. The van der Waals surface area contributed by atoms with Gasteiger partial charge < -0.3 is 18.9 Å². The zero-order chi connectivity index (χ0) is 17.8. The zero-order valence-corrected chi connectivity index (χ0v) is 13.4. The van der Waals surface area contributed by atoms with Gasteiger partial charge in [0.1, 0.15) is 25.4 Å². The van der Waals surface area contributed by atoms with Gasteiger partial charge in [-0.15, -0.1) is 0 Å². The third-order valence-electron chi connectivity index (χ3n) is 3.07. The lowest BCUT2D eigenvalue weighted by Gasteiger charge is -2.44. The number of hydrogen-bond donors (Lipinski definition) is 0. The minimum Gasteiger partial charge on any atom is -0.463 e. The average Bonchev–Trinajstić information content (AvgIpc) is 2.44. The number of alkyl halides is 3. The second-order valence-corrected chi connectivity index (χ2v) is 5.65. The molecule has 134 valence electrons. The summed E-state index contributed by atoms with van der Waals surface area (Å²) in [5.74, 6) is -2.92. The number of ether oxygens (including phenoxy) is 4. The molecule has 0 spiro atoms. The highest BCUT2D eigenvalue weighted by Crippen LogP contribution is 2.34. The SMILES string of the molecule is CC(=O)OC[C@@H](F)[C@H]1OC(C)(C)O[C@@H]([C@@H](F)COC(C)=O)C1F. The van der Waals surface area contributed by atoms with Crippen LogP contribution in [0, 0.1) is 0 Å². The third-order valence-corrected chi connectivity index (χ3v) is 3.07. The van der Waals surface area contributed by atoms with E-state index < -0.39 is 61.7 Å². The lowest BCUT2D eigenvalue weighted by molar-refractivity contribution is -0.340. The fourth-order valence-electron chi connectivity index (χ4n) is 2.13. The molecule has 0 aromatic heterocycles. The molecule has 0 aliphatic carbocycles. The quantitative estimate of drug-likeness (QED) is 0.684. The Balaban J connectivity index is 2.79. The second-order valence-electron chi connectivity index (χ2n) is 5.65. The van der Waals surface area contributed by atoms with Crippen molar-refractivity contribution in [3.05, 3.63) is 0 Å². The molecule has 23 heavy (non-hydrogen) atoms. The van der Waals surface area contributed by atoms with E-state index in [0.717, 1.165) is 13.8 Å². The number of hydrogen-bond acceptors (Lipinski definition) is 6. The molecule has 0 bridgehead atoms. The zero-order valence-electron chi connectivity index (χ0n) is 13.4. The molecule has 0 radical (unpaired) electrons. The van der Waals surface area contributed by atoms with Gasteiger partial charge in [-0.3, -0.25) is 9.59 Å². The van der Waals surface area contributed by atoms with E-state index in [4.69, 9.17) is 9.47 Å². The van der Waals surface area contributed by atoms with Crippen LogP contribution in [0.25, 0.3) is 0 Å².